The summed E-state index contributed by atoms with van der Waals surface area (Å²) in [5.74, 6) is -0.595. The van der Waals surface area contributed by atoms with Crippen LogP contribution in [0.3, 0.4) is 0 Å². The summed E-state index contributed by atoms with van der Waals surface area (Å²) in [6, 6.07) is 9.18. The van der Waals surface area contributed by atoms with Crippen molar-refractivity contribution >= 4 is 28.0 Å². The van der Waals surface area contributed by atoms with E-state index in [1.807, 2.05) is 30.3 Å². The number of nitrogens with zero attached hydrogens (tertiary/aromatic N) is 1. The number of hydrogen-bond donors (Lipinski definition) is 0. The quantitative estimate of drug-likeness (QED) is 0.488. The van der Waals surface area contributed by atoms with E-state index < -0.39 is 5.97 Å². The highest BCUT2D eigenvalue weighted by Gasteiger charge is 2.12. The van der Waals surface area contributed by atoms with E-state index in [9.17, 15) is 4.79 Å². The largest absolute Gasteiger partial charge is 0.459 e. The molecule has 1 rings (SSSR count). The van der Waals surface area contributed by atoms with E-state index in [0.717, 1.165) is 10.0 Å². The van der Waals surface area contributed by atoms with Gasteiger partial charge in [-0.2, -0.15) is 5.26 Å². The maximum Gasteiger partial charge on any atom is 0.349 e. The van der Waals surface area contributed by atoms with E-state index in [-0.39, 0.29) is 11.7 Å². The van der Waals surface area contributed by atoms with Crippen LogP contribution in [0.1, 0.15) is 19.4 Å². The fraction of sp³-hybridized carbons (Fsp3) is 0.231. The minimum atomic E-state index is -0.595. The van der Waals surface area contributed by atoms with Crippen LogP contribution < -0.4 is 0 Å². The Kier molecular flexibility index (Phi) is 4.92. The van der Waals surface area contributed by atoms with Crippen molar-refractivity contribution in [2.75, 3.05) is 0 Å². The van der Waals surface area contributed by atoms with Crippen LogP contribution in [-0.4, -0.2) is 12.1 Å². The highest BCUT2D eigenvalue weighted by atomic mass is 79.9. The van der Waals surface area contributed by atoms with Crippen molar-refractivity contribution in [2.24, 2.45) is 0 Å². The van der Waals surface area contributed by atoms with Crippen LogP contribution in [0.15, 0.2) is 34.3 Å². The molecule has 3 nitrogen and oxygen atoms in total. The van der Waals surface area contributed by atoms with Gasteiger partial charge in [-0.25, -0.2) is 4.79 Å². The van der Waals surface area contributed by atoms with Crippen LogP contribution in [0.4, 0.5) is 0 Å². The molecule has 88 valence electrons. The highest BCUT2D eigenvalue weighted by molar-refractivity contribution is 9.10. The van der Waals surface area contributed by atoms with Gasteiger partial charge in [-0.1, -0.05) is 28.1 Å². The molecule has 0 atom stereocenters. The Labute approximate surface area is 109 Å². The smallest absolute Gasteiger partial charge is 0.349 e. The first kappa shape index (κ1) is 13.5. The molecule has 0 aromatic heterocycles. The van der Waals surface area contributed by atoms with Crippen molar-refractivity contribution in [1.82, 2.24) is 0 Å². The topological polar surface area (TPSA) is 50.1 Å². The Morgan fingerprint density at radius 2 is 2.24 bits per heavy atom. The molecule has 0 aliphatic rings. The third-order valence-corrected chi connectivity index (χ3v) is 2.34. The maximum absolute atomic E-state index is 11.5. The normalized spacial score (nSPS) is 11.1. The number of nitriles is 1. The summed E-state index contributed by atoms with van der Waals surface area (Å²) in [6.45, 7) is 3.48. The van der Waals surface area contributed by atoms with Gasteiger partial charge >= 0.3 is 5.97 Å². The van der Waals surface area contributed by atoms with Crippen LogP contribution in [-0.2, 0) is 9.53 Å². The molecule has 0 saturated carbocycles. The van der Waals surface area contributed by atoms with Gasteiger partial charge in [0.25, 0.3) is 0 Å². The molecule has 1 aromatic carbocycles. The number of carbonyl (C=O) groups excluding carboxylic acids is 1. The van der Waals surface area contributed by atoms with Crippen molar-refractivity contribution < 1.29 is 9.53 Å². The van der Waals surface area contributed by atoms with Crippen LogP contribution >= 0.6 is 15.9 Å². The third kappa shape index (κ3) is 4.41. The molecule has 17 heavy (non-hydrogen) atoms. The number of rotatable bonds is 3. The Morgan fingerprint density at radius 3 is 2.76 bits per heavy atom. The zero-order valence-corrected chi connectivity index (χ0v) is 11.2. The predicted octanol–water partition coefficient (Wildman–Crippen LogP) is 3.31. The molecule has 0 saturated heterocycles. The monoisotopic (exact) mass is 293 g/mol. The summed E-state index contributed by atoms with van der Waals surface area (Å²) in [5.41, 5.74) is 0.772. The Hall–Kier alpha value is -1.60. The standard InChI is InChI=1S/C13H12BrNO2/c1-9(2)17-13(16)11(8-15)6-10-4-3-5-12(14)7-10/h3-7,9H,1-2H3/b11-6+. The molecule has 0 heterocycles. The fourth-order valence-electron chi connectivity index (χ4n) is 1.18. The van der Waals surface area contributed by atoms with E-state index in [0.29, 0.717) is 0 Å². The summed E-state index contributed by atoms with van der Waals surface area (Å²) in [7, 11) is 0. The van der Waals surface area contributed by atoms with Gasteiger partial charge in [0.2, 0.25) is 0 Å². The number of hydrogen-bond acceptors (Lipinski definition) is 3. The Bertz CT molecular complexity index is 486. The first-order valence-corrected chi connectivity index (χ1v) is 5.90. The lowest BCUT2D eigenvalue weighted by Gasteiger charge is -2.06. The molecular weight excluding hydrogens is 282 g/mol. The Balaban J connectivity index is 2.95. The summed E-state index contributed by atoms with van der Waals surface area (Å²) >= 11 is 3.32. The predicted molar refractivity (Wildman–Crippen MR) is 69.0 cm³/mol. The molecular formula is C13H12BrNO2. The second-order valence-corrected chi connectivity index (χ2v) is 4.59. The van der Waals surface area contributed by atoms with Gasteiger partial charge in [-0.3, -0.25) is 0 Å². The second kappa shape index (κ2) is 6.21. The van der Waals surface area contributed by atoms with Crippen LogP contribution in [0.5, 0.6) is 0 Å². The summed E-state index contributed by atoms with van der Waals surface area (Å²) in [4.78, 5) is 11.5. The van der Waals surface area contributed by atoms with Gasteiger partial charge in [0.15, 0.2) is 0 Å². The summed E-state index contributed by atoms with van der Waals surface area (Å²) in [5, 5.41) is 8.91. The number of halogens is 1. The van der Waals surface area contributed by atoms with E-state index in [4.69, 9.17) is 10.00 Å². The number of benzene rings is 1. The molecule has 0 radical (unpaired) electrons. The van der Waals surface area contributed by atoms with Crippen molar-refractivity contribution in [3.63, 3.8) is 0 Å². The fourth-order valence-corrected chi connectivity index (χ4v) is 1.59. The van der Waals surface area contributed by atoms with Gasteiger partial charge < -0.3 is 4.74 Å². The van der Waals surface area contributed by atoms with E-state index in [1.165, 1.54) is 6.08 Å². The first-order chi connectivity index (χ1) is 8.02. The minimum Gasteiger partial charge on any atom is -0.459 e. The lowest BCUT2D eigenvalue weighted by atomic mass is 10.1. The summed E-state index contributed by atoms with van der Waals surface area (Å²) in [6.07, 6.45) is 1.27. The lowest BCUT2D eigenvalue weighted by Crippen LogP contribution is -2.12. The molecule has 0 unspecified atom stereocenters. The first-order valence-electron chi connectivity index (χ1n) is 5.11. The average Bonchev–Trinajstić information content (AvgIpc) is 2.24. The van der Waals surface area contributed by atoms with E-state index in [2.05, 4.69) is 15.9 Å². The van der Waals surface area contributed by atoms with Gasteiger partial charge in [0.05, 0.1) is 6.10 Å². The molecule has 0 fully saturated rings. The minimum absolute atomic E-state index is 0.00296. The molecule has 0 N–H and O–H groups in total. The van der Waals surface area contributed by atoms with Gasteiger partial charge in [-0.15, -0.1) is 0 Å². The molecule has 0 spiro atoms. The average molecular weight is 294 g/mol. The van der Waals surface area contributed by atoms with Gasteiger partial charge in [0.1, 0.15) is 11.6 Å². The zero-order chi connectivity index (χ0) is 12.8. The van der Waals surface area contributed by atoms with Crippen molar-refractivity contribution in [3.8, 4) is 6.07 Å². The van der Waals surface area contributed by atoms with E-state index >= 15 is 0 Å². The molecule has 0 aliphatic heterocycles. The number of carbonyl (C=O) groups is 1. The lowest BCUT2D eigenvalue weighted by molar-refractivity contribution is -0.142. The van der Waals surface area contributed by atoms with Crippen LogP contribution in [0.2, 0.25) is 0 Å². The van der Waals surface area contributed by atoms with Crippen LogP contribution in [0.25, 0.3) is 6.08 Å². The third-order valence-electron chi connectivity index (χ3n) is 1.84. The second-order valence-electron chi connectivity index (χ2n) is 3.68. The molecule has 0 amide bonds. The summed E-state index contributed by atoms with van der Waals surface area (Å²) < 4.78 is 5.85. The van der Waals surface area contributed by atoms with Gasteiger partial charge in [0, 0.05) is 4.47 Å². The Morgan fingerprint density at radius 1 is 1.53 bits per heavy atom. The van der Waals surface area contributed by atoms with Crippen LogP contribution in [0, 0.1) is 11.3 Å². The highest BCUT2D eigenvalue weighted by Crippen LogP contribution is 2.15. The van der Waals surface area contributed by atoms with Crippen molar-refractivity contribution in [2.45, 2.75) is 20.0 Å². The molecule has 0 aliphatic carbocycles. The van der Waals surface area contributed by atoms with E-state index in [1.54, 1.807) is 13.8 Å². The molecule has 0 bridgehead atoms. The van der Waals surface area contributed by atoms with Crippen molar-refractivity contribution in [1.29, 1.82) is 5.26 Å². The maximum atomic E-state index is 11.5. The number of esters is 1. The number of ether oxygens (including phenoxy) is 1. The van der Waals surface area contributed by atoms with Gasteiger partial charge in [-0.05, 0) is 37.6 Å². The van der Waals surface area contributed by atoms with Crippen molar-refractivity contribution in [3.05, 3.63) is 39.9 Å². The molecule has 1 aromatic rings. The SMILES string of the molecule is CC(C)OC(=O)/C(C#N)=C/c1cccc(Br)c1. The zero-order valence-electron chi connectivity index (χ0n) is 9.61. The molecule has 4 heteroatoms.